The number of hydrogen-bond acceptors (Lipinski definition) is 7. The Morgan fingerprint density at radius 2 is 1.20 bits per heavy atom. The molecular formula is C33H38O7. The highest BCUT2D eigenvalue weighted by molar-refractivity contribution is 5.47. The molecule has 0 bridgehead atoms. The predicted molar refractivity (Wildman–Crippen MR) is 149 cm³/mol. The highest BCUT2D eigenvalue weighted by Crippen LogP contribution is 2.42. The molecule has 3 aliphatic rings. The van der Waals surface area contributed by atoms with Crippen LogP contribution in [-0.4, -0.2) is 77.4 Å². The molecule has 0 aromatic heterocycles. The van der Waals surface area contributed by atoms with Gasteiger partial charge >= 0.3 is 0 Å². The maximum absolute atomic E-state index is 11.2. The fourth-order valence-electron chi connectivity index (χ4n) is 6.62. The lowest BCUT2D eigenvalue weighted by atomic mass is 9.80. The summed E-state index contributed by atoms with van der Waals surface area (Å²) in [5.74, 6) is 0. The van der Waals surface area contributed by atoms with Gasteiger partial charge in [0.1, 0.15) is 36.1 Å². The minimum Gasteiger partial charge on any atom is -0.396 e. The molecule has 0 radical (unpaired) electrons. The minimum atomic E-state index is -0.914. The maximum Gasteiger partial charge on any atom is 0.143 e. The summed E-state index contributed by atoms with van der Waals surface area (Å²) in [5, 5.41) is 31.7. The van der Waals surface area contributed by atoms with E-state index in [1.54, 1.807) is 0 Å². The summed E-state index contributed by atoms with van der Waals surface area (Å²) in [6.07, 6.45) is -2.21. The average molecular weight is 547 g/mol. The molecule has 0 spiro atoms. The van der Waals surface area contributed by atoms with Crippen LogP contribution in [0.5, 0.6) is 0 Å². The van der Waals surface area contributed by atoms with Crippen LogP contribution >= 0.6 is 0 Å². The van der Waals surface area contributed by atoms with Gasteiger partial charge in [-0.25, -0.2) is 0 Å². The first-order chi connectivity index (χ1) is 19.6. The van der Waals surface area contributed by atoms with Gasteiger partial charge in [0.05, 0.1) is 24.9 Å². The maximum atomic E-state index is 11.2. The molecule has 40 heavy (non-hydrogen) atoms. The Morgan fingerprint density at radius 1 is 0.650 bits per heavy atom. The van der Waals surface area contributed by atoms with Crippen molar-refractivity contribution < 1.29 is 34.3 Å². The van der Waals surface area contributed by atoms with Crippen molar-refractivity contribution in [3.63, 3.8) is 0 Å². The second kappa shape index (κ2) is 12.1. The van der Waals surface area contributed by atoms with E-state index in [1.807, 2.05) is 54.6 Å². The van der Waals surface area contributed by atoms with Gasteiger partial charge in [-0.05, 0) is 42.4 Å². The van der Waals surface area contributed by atoms with Gasteiger partial charge in [0.2, 0.25) is 0 Å². The smallest absolute Gasteiger partial charge is 0.143 e. The molecule has 3 saturated heterocycles. The lowest BCUT2D eigenvalue weighted by Crippen LogP contribution is -2.61. The van der Waals surface area contributed by atoms with E-state index < -0.39 is 42.2 Å². The number of fused-ring (bicyclic) bond motifs is 2. The van der Waals surface area contributed by atoms with E-state index in [0.717, 1.165) is 23.1 Å². The van der Waals surface area contributed by atoms with Crippen LogP contribution in [0.3, 0.4) is 0 Å². The Kier molecular flexibility index (Phi) is 8.32. The monoisotopic (exact) mass is 546 g/mol. The summed E-state index contributed by atoms with van der Waals surface area (Å²) in [5.41, 5.74) is 2.16. The highest BCUT2D eigenvalue weighted by Gasteiger charge is 2.56. The van der Waals surface area contributed by atoms with Gasteiger partial charge in [-0.15, -0.1) is 0 Å². The first-order valence-electron chi connectivity index (χ1n) is 14.4. The summed E-state index contributed by atoms with van der Waals surface area (Å²) < 4.78 is 25.4. The topological polar surface area (TPSA) is 97.6 Å². The SMILES string of the molecule is OCC[C@H]1CC[C@@H]2O[C@H]3[C@@H](O)[C@@H](CCOC(c4ccccc4)(c4ccccc4)c4ccccc4)O[C@H]3[C@@H](O)[C@H]2O1. The zero-order valence-corrected chi connectivity index (χ0v) is 22.5. The van der Waals surface area contributed by atoms with Crippen molar-refractivity contribution in [3.8, 4) is 0 Å². The molecule has 3 fully saturated rings. The summed E-state index contributed by atoms with van der Waals surface area (Å²) in [6.45, 7) is 0.344. The van der Waals surface area contributed by atoms with Crippen LogP contribution in [0.15, 0.2) is 91.0 Å². The second-order valence-electron chi connectivity index (χ2n) is 11.0. The molecular weight excluding hydrogens is 508 g/mol. The van der Waals surface area contributed by atoms with E-state index in [1.165, 1.54) is 0 Å². The molecule has 0 saturated carbocycles. The Labute approximate surface area is 235 Å². The predicted octanol–water partition coefficient (Wildman–Crippen LogP) is 3.57. The van der Waals surface area contributed by atoms with Crippen molar-refractivity contribution in [2.24, 2.45) is 0 Å². The normalized spacial score (nSPS) is 31.9. The molecule has 3 N–H and O–H groups in total. The van der Waals surface area contributed by atoms with Crippen LogP contribution in [0, 0.1) is 0 Å². The molecule has 3 aliphatic heterocycles. The van der Waals surface area contributed by atoms with E-state index in [9.17, 15) is 15.3 Å². The lowest BCUT2D eigenvalue weighted by molar-refractivity contribution is -0.260. The molecule has 3 aromatic carbocycles. The van der Waals surface area contributed by atoms with Crippen LogP contribution < -0.4 is 0 Å². The van der Waals surface area contributed by atoms with Crippen molar-refractivity contribution in [3.05, 3.63) is 108 Å². The first kappa shape index (κ1) is 27.5. The second-order valence-corrected chi connectivity index (χ2v) is 11.0. The molecule has 0 unspecified atom stereocenters. The van der Waals surface area contributed by atoms with Crippen molar-refractivity contribution in [1.82, 2.24) is 0 Å². The summed E-state index contributed by atoms with van der Waals surface area (Å²) in [7, 11) is 0. The van der Waals surface area contributed by atoms with E-state index in [0.29, 0.717) is 25.9 Å². The lowest BCUT2D eigenvalue weighted by Gasteiger charge is -2.46. The van der Waals surface area contributed by atoms with Crippen LogP contribution in [0.1, 0.15) is 42.4 Å². The Balaban J connectivity index is 1.22. The van der Waals surface area contributed by atoms with Gasteiger partial charge in [0.15, 0.2) is 0 Å². The van der Waals surface area contributed by atoms with Crippen molar-refractivity contribution in [1.29, 1.82) is 0 Å². The van der Waals surface area contributed by atoms with Crippen LogP contribution in [0.25, 0.3) is 0 Å². The van der Waals surface area contributed by atoms with Crippen molar-refractivity contribution in [2.75, 3.05) is 13.2 Å². The third-order valence-corrected chi connectivity index (χ3v) is 8.58. The van der Waals surface area contributed by atoms with Gasteiger partial charge in [-0.3, -0.25) is 0 Å². The number of hydrogen-bond donors (Lipinski definition) is 3. The Morgan fingerprint density at radius 3 is 1.75 bits per heavy atom. The van der Waals surface area contributed by atoms with Crippen LogP contribution in [0.4, 0.5) is 0 Å². The van der Waals surface area contributed by atoms with E-state index >= 15 is 0 Å². The molecule has 0 amide bonds. The molecule has 3 aromatic rings. The Bertz CT molecular complexity index is 1110. The fourth-order valence-corrected chi connectivity index (χ4v) is 6.62. The average Bonchev–Trinajstić information content (AvgIpc) is 3.32. The summed E-state index contributed by atoms with van der Waals surface area (Å²) in [4.78, 5) is 0. The van der Waals surface area contributed by atoms with Gasteiger partial charge < -0.3 is 34.3 Å². The summed E-state index contributed by atoms with van der Waals surface area (Å²) >= 11 is 0. The number of ether oxygens (including phenoxy) is 4. The molecule has 8 atom stereocenters. The molecule has 3 heterocycles. The third kappa shape index (κ3) is 5.12. The molecule has 7 heteroatoms. The fraction of sp³-hybridized carbons (Fsp3) is 0.455. The zero-order valence-electron chi connectivity index (χ0n) is 22.5. The molecule has 212 valence electrons. The Hall–Kier alpha value is -2.62. The first-order valence-corrected chi connectivity index (χ1v) is 14.4. The zero-order chi connectivity index (χ0) is 27.5. The van der Waals surface area contributed by atoms with E-state index in [2.05, 4.69) is 36.4 Å². The number of aliphatic hydroxyl groups excluding tert-OH is 3. The number of aliphatic hydroxyl groups is 3. The van der Waals surface area contributed by atoms with E-state index in [4.69, 9.17) is 18.9 Å². The highest BCUT2D eigenvalue weighted by atomic mass is 16.6. The molecule has 0 aliphatic carbocycles. The minimum absolute atomic E-state index is 0.0405. The number of rotatable bonds is 9. The van der Waals surface area contributed by atoms with Gasteiger partial charge in [-0.2, -0.15) is 0 Å². The molecule has 6 rings (SSSR count). The van der Waals surface area contributed by atoms with Crippen molar-refractivity contribution in [2.45, 2.75) is 80.1 Å². The van der Waals surface area contributed by atoms with Gasteiger partial charge in [-0.1, -0.05) is 91.0 Å². The summed E-state index contributed by atoms with van der Waals surface area (Å²) in [6, 6.07) is 30.5. The van der Waals surface area contributed by atoms with Gasteiger partial charge in [0, 0.05) is 6.61 Å². The van der Waals surface area contributed by atoms with Crippen LogP contribution in [0.2, 0.25) is 0 Å². The number of benzene rings is 3. The van der Waals surface area contributed by atoms with Crippen molar-refractivity contribution >= 4 is 0 Å². The van der Waals surface area contributed by atoms with E-state index in [-0.39, 0.29) is 18.8 Å². The van der Waals surface area contributed by atoms with Crippen LogP contribution in [-0.2, 0) is 24.5 Å². The largest absolute Gasteiger partial charge is 0.396 e. The standard InChI is InChI=1S/C33H38O7/c34-20-18-25-16-17-27-30(38-25)29(36)32-31(40-27)28(35)26(39-32)19-21-37-33(22-10-4-1-5-11-22,23-12-6-2-7-13-23)24-14-8-3-9-15-24/h1-15,25-32,34-36H,16-21H2/t25-,26-,27+,28+,29+,30+,31+,32+/m1/s1. The third-order valence-electron chi connectivity index (χ3n) is 8.58. The van der Waals surface area contributed by atoms with Gasteiger partial charge in [0.25, 0.3) is 0 Å². The molecule has 7 nitrogen and oxygen atoms in total. The quantitative estimate of drug-likeness (QED) is 0.353.